The van der Waals surface area contributed by atoms with E-state index in [9.17, 15) is 26.9 Å². The molecule has 0 amide bonds. The zero-order valence-electron chi connectivity index (χ0n) is 19.0. The largest absolute Gasteiger partial charge is 0.404 e. The van der Waals surface area contributed by atoms with Gasteiger partial charge in [0, 0.05) is 23.8 Å². The highest BCUT2D eigenvalue weighted by atomic mass is 32.2. The van der Waals surface area contributed by atoms with Crippen molar-refractivity contribution in [2.24, 2.45) is 0 Å². The van der Waals surface area contributed by atoms with Crippen LogP contribution < -0.4 is 4.72 Å². The van der Waals surface area contributed by atoms with Gasteiger partial charge in [-0.1, -0.05) is 12.8 Å². The van der Waals surface area contributed by atoms with Crippen molar-refractivity contribution in [3.8, 4) is 17.5 Å². The summed E-state index contributed by atoms with van der Waals surface area (Å²) in [6, 6.07) is 4.87. The van der Waals surface area contributed by atoms with Gasteiger partial charge in [0.2, 0.25) is 10.0 Å². The lowest BCUT2D eigenvalue weighted by atomic mass is 10.1. The fourth-order valence-electron chi connectivity index (χ4n) is 4.77. The highest BCUT2D eigenvalue weighted by Crippen LogP contribution is 2.44. The van der Waals surface area contributed by atoms with E-state index in [4.69, 9.17) is 4.98 Å². The number of fused-ring (bicyclic) bond motifs is 1. The van der Waals surface area contributed by atoms with Gasteiger partial charge in [-0.15, -0.1) is 0 Å². The van der Waals surface area contributed by atoms with E-state index in [1.807, 2.05) is 16.8 Å². The molecule has 2 aliphatic carbocycles. The van der Waals surface area contributed by atoms with Crippen LogP contribution in [0.15, 0.2) is 35.5 Å². The molecule has 5 rings (SSSR count). The van der Waals surface area contributed by atoms with Crippen LogP contribution >= 0.6 is 0 Å². The number of halogens is 3. The van der Waals surface area contributed by atoms with E-state index in [0.717, 1.165) is 62.6 Å². The Balaban J connectivity index is 1.60. The fraction of sp³-hybridized carbons (Fsp3) is 0.458. The van der Waals surface area contributed by atoms with Gasteiger partial charge in [-0.25, -0.2) is 13.4 Å². The molecule has 0 saturated heterocycles. The Bertz CT molecular complexity index is 1410. The van der Waals surface area contributed by atoms with Gasteiger partial charge in [0.15, 0.2) is 0 Å². The van der Waals surface area contributed by atoms with E-state index in [0.29, 0.717) is 28.5 Å². The van der Waals surface area contributed by atoms with Gasteiger partial charge in [0.25, 0.3) is 0 Å². The zero-order valence-corrected chi connectivity index (χ0v) is 19.8. The third-order valence-electron chi connectivity index (χ3n) is 6.83. The van der Waals surface area contributed by atoms with Gasteiger partial charge in [0.1, 0.15) is 22.7 Å². The smallest absolute Gasteiger partial charge is 0.320 e. The minimum Gasteiger partial charge on any atom is -0.320 e. The van der Waals surface area contributed by atoms with Gasteiger partial charge in [-0.3, -0.25) is 4.98 Å². The summed E-state index contributed by atoms with van der Waals surface area (Å²) in [5.41, 5.74) is 3.17. The molecule has 2 aliphatic rings. The quantitative estimate of drug-likeness (QED) is 0.499. The van der Waals surface area contributed by atoms with Crippen molar-refractivity contribution in [1.82, 2.24) is 19.3 Å². The number of hydrogen-bond donors (Lipinski definition) is 1. The Morgan fingerprint density at radius 2 is 1.86 bits per heavy atom. The summed E-state index contributed by atoms with van der Waals surface area (Å²) in [5, 5.41) is 10.9. The van der Waals surface area contributed by atoms with E-state index in [1.54, 1.807) is 4.72 Å². The monoisotopic (exact) mass is 503 g/mol. The summed E-state index contributed by atoms with van der Waals surface area (Å²) in [4.78, 5) is 8.64. The minimum atomic E-state index is -4.71. The van der Waals surface area contributed by atoms with Gasteiger partial charge >= 0.3 is 6.18 Å². The van der Waals surface area contributed by atoms with Crippen molar-refractivity contribution in [2.45, 2.75) is 74.5 Å². The summed E-state index contributed by atoms with van der Waals surface area (Å²) in [5.74, 6) is 0.464. The highest BCUT2D eigenvalue weighted by Gasteiger charge is 2.39. The van der Waals surface area contributed by atoms with Gasteiger partial charge in [-0.2, -0.15) is 23.2 Å². The molecule has 2 fully saturated rings. The molecule has 3 aromatic rings. The average Bonchev–Trinajstić information content (AvgIpc) is 3.42. The number of sulfonamides is 1. The van der Waals surface area contributed by atoms with Gasteiger partial charge < -0.3 is 4.57 Å². The lowest BCUT2D eigenvalue weighted by Crippen LogP contribution is -2.42. The number of hydrogen-bond acceptors (Lipinski definition) is 5. The summed E-state index contributed by atoms with van der Waals surface area (Å²) >= 11 is 0. The molecule has 0 radical (unpaired) electrons. The van der Waals surface area contributed by atoms with Crippen molar-refractivity contribution in [3.05, 3.63) is 41.7 Å². The molecule has 35 heavy (non-hydrogen) atoms. The van der Waals surface area contributed by atoms with Crippen LogP contribution in [0, 0.1) is 11.3 Å². The molecular formula is C24H24F3N5O2S. The van der Waals surface area contributed by atoms with Gasteiger partial charge in [-0.05, 0) is 62.3 Å². The van der Waals surface area contributed by atoms with Crippen LogP contribution in [-0.2, 0) is 10.0 Å². The minimum absolute atomic E-state index is 0.133. The molecule has 0 aromatic carbocycles. The summed E-state index contributed by atoms with van der Waals surface area (Å²) in [7, 11) is -4.43. The van der Waals surface area contributed by atoms with Crippen LogP contribution in [-0.4, -0.2) is 35.2 Å². The first-order valence-electron chi connectivity index (χ1n) is 11.6. The van der Waals surface area contributed by atoms with Crippen LogP contribution in [0.25, 0.3) is 22.4 Å². The Hall–Kier alpha value is -2.97. The maximum Gasteiger partial charge on any atom is 0.404 e. The first kappa shape index (κ1) is 23.8. The van der Waals surface area contributed by atoms with Crippen molar-refractivity contribution < 1.29 is 21.6 Å². The molecule has 2 saturated carbocycles. The normalized spacial score (nSPS) is 18.1. The Kier molecular flexibility index (Phi) is 5.84. The van der Waals surface area contributed by atoms with E-state index in [-0.39, 0.29) is 10.9 Å². The van der Waals surface area contributed by atoms with Crippen molar-refractivity contribution in [3.63, 3.8) is 0 Å². The number of nitriles is 1. The van der Waals surface area contributed by atoms with Crippen LogP contribution in [0.5, 0.6) is 0 Å². The van der Waals surface area contributed by atoms with Crippen LogP contribution in [0.1, 0.15) is 68.5 Å². The molecule has 3 heterocycles. The predicted molar refractivity (Wildman–Crippen MR) is 123 cm³/mol. The van der Waals surface area contributed by atoms with Crippen LogP contribution in [0.2, 0.25) is 0 Å². The van der Waals surface area contributed by atoms with Crippen molar-refractivity contribution in [2.75, 3.05) is 0 Å². The van der Waals surface area contributed by atoms with E-state index >= 15 is 0 Å². The number of alkyl halides is 3. The van der Waals surface area contributed by atoms with Gasteiger partial charge in [0.05, 0.1) is 17.0 Å². The van der Waals surface area contributed by atoms with Crippen molar-refractivity contribution in [1.29, 1.82) is 5.26 Å². The molecule has 1 atom stereocenters. The third kappa shape index (κ3) is 4.41. The topological polar surface area (TPSA) is 101 Å². The molecular weight excluding hydrogens is 479 g/mol. The second-order valence-electron chi connectivity index (χ2n) is 9.32. The molecule has 3 aromatic heterocycles. The molecule has 184 valence electrons. The molecule has 0 bridgehead atoms. The van der Waals surface area contributed by atoms with E-state index in [1.165, 1.54) is 12.1 Å². The molecule has 11 heteroatoms. The molecule has 0 aliphatic heterocycles. The summed E-state index contributed by atoms with van der Waals surface area (Å²) < 4.78 is 67.2. The first-order valence-corrected chi connectivity index (χ1v) is 13.1. The second-order valence-corrected chi connectivity index (χ2v) is 11.0. The Morgan fingerprint density at radius 1 is 1.14 bits per heavy atom. The molecule has 0 unspecified atom stereocenters. The SMILES string of the molecule is C[C@H](NS(=O)(=O)c1ccc(-c2c(C#N)c3cc(C4CC4)cnc3n2C2CCCC2)nc1)C(F)(F)F. The standard InChI is InChI=1S/C24H24F3N5O2S/c1-14(24(25,26)27)31-35(33,34)18-8-9-21(29-13-18)22-20(11-28)19-10-16(15-6-7-15)12-30-23(19)32(22)17-4-2-3-5-17/h8-10,12-15,17,31H,2-7H2,1H3/t14-/m0/s1. The summed E-state index contributed by atoms with van der Waals surface area (Å²) in [6.45, 7) is 0.738. The number of nitrogens with zero attached hydrogens (tertiary/aromatic N) is 4. The third-order valence-corrected chi connectivity index (χ3v) is 8.35. The average molecular weight is 504 g/mol. The van der Waals surface area contributed by atoms with Crippen LogP contribution in [0.3, 0.4) is 0 Å². The van der Waals surface area contributed by atoms with Crippen molar-refractivity contribution >= 4 is 21.1 Å². The second kappa shape index (κ2) is 8.60. The number of nitrogens with one attached hydrogen (secondary N) is 1. The lowest BCUT2D eigenvalue weighted by Gasteiger charge is -2.18. The number of rotatable bonds is 6. The maximum absolute atomic E-state index is 12.9. The molecule has 1 N–H and O–H groups in total. The number of pyridine rings is 2. The fourth-order valence-corrected chi connectivity index (χ4v) is 5.95. The van der Waals surface area contributed by atoms with E-state index < -0.39 is 22.2 Å². The number of aromatic nitrogens is 3. The maximum atomic E-state index is 12.9. The molecule has 7 nitrogen and oxygen atoms in total. The lowest BCUT2D eigenvalue weighted by molar-refractivity contribution is -0.147. The summed E-state index contributed by atoms with van der Waals surface area (Å²) in [6.07, 6.45) is 4.36. The zero-order chi connectivity index (χ0) is 25.0. The highest BCUT2D eigenvalue weighted by molar-refractivity contribution is 7.89. The first-order chi connectivity index (χ1) is 16.6. The van der Waals surface area contributed by atoms with Crippen LogP contribution in [0.4, 0.5) is 13.2 Å². The van der Waals surface area contributed by atoms with E-state index in [2.05, 4.69) is 11.1 Å². The predicted octanol–water partition coefficient (Wildman–Crippen LogP) is 5.19. The molecule has 0 spiro atoms. The Labute approximate surface area is 201 Å². The Morgan fingerprint density at radius 3 is 2.43 bits per heavy atom.